The first kappa shape index (κ1) is 33.0. The number of hydrogen-bond donors (Lipinski definition) is 2. The van der Waals surface area contributed by atoms with Crippen molar-refractivity contribution >= 4 is 72.5 Å². The number of amides is 1. The van der Waals surface area contributed by atoms with E-state index in [1.165, 1.54) is 26.5 Å². The highest BCUT2D eigenvalue weighted by atomic mass is 79.9. The second-order valence-electron chi connectivity index (χ2n) is 9.55. The van der Waals surface area contributed by atoms with Gasteiger partial charge in [0.1, 0.15) is 17.2 Å². The summed E-state index contributed by atoms with van der Waals surface area (Å²) < 4.78 is 57.0. The first-order valence-electron chi connectivity index (χ1n) is 13.2. The van der Waals surface area contributed by atoms with Gasteiger partial charge in [0.05, 0.1) is 46.9 Å². The van der Waals surface area contributed by atoms with Crippen LogP contribution in [0, 0.1) is 0 Å². The molecule has 5 rings (SSSR count). The number of aromatic nitrogens is 1. The van der Waals surface area contributed by atoms with Gasteiger partial charge < -0.3 is 19.2 Å². The number of methoxy groups -OCH3 is 2. The molecule has 236 valence electrons. The van der Waals surface area contributed by atoms with Gasteiger partial charge in [0.15, 0.2) is 5.75 Å². The number of H-pyrrole nitrogens is 1. The zero-order chi connectivity index (χ0) is 33.2. The third kappa shape index (κ3) is 6.76. The maximum absolute atomic E-state index is 13.6. The fraction of sp³-hybridized carbons (Fsp3) is 0.0938. The highest BCUT2D eigenvalue weighted by Crippen LogP contribution is 2.44. The van der Waals surface area contributed by atoms with Crippen molar-refractivity contribution in [3.8, 4) is 28.4 Å². The molecule has 14 heteroatoms. The summed E-state index contributed by atoms with van der Waals surface area (Å²) in [6.07, 6.45) is -3.42. The van der Waals surface area contributed by atoms with Gasteiger partial charge in [0, 0.05) is 26.2 Å². The van der Waals surface area contributed by atoms with Crippen LogP contribution in [0.15, 0.2) is 86.8 Å². The SMILES string of the molecule is COc1ccc(OC)c2c(-c3ccccc3Cl)c(C(=O)NN=Cc3cc(Br)cc(Br)c3OC(=O)c3cccc(C(F)(F)F)c3)[nH]c12. The molecular formula is C32H21Br2ClF3N3O5. The molecule has 0 aliphatic heterocycles. The van der Waals surface area contributed by atoms with Crippen molar-refractivity contribution in [1.82, 2.24) is 10.4 Å². The summed E-state index contributed by atoms with van der Waals surface area (Å²) in [5.41, 5.74) is 2.98. The number of alkyl halides is 3. The summed E-state index contributed by atoms with van der Waals surface area (Å²) >= 11 is 13.2. The predicted octanol–water partition coefficient (Wildman–Crippen LogP) is 9.03. The van der Waals surface area contributed by atoms with E-state index in [-0.39, 0.29) is 22.6 Å². The number of hydrazone groups is 1. The zero-order valence-corrected chi connectivity index (χ0v) is 27.7. The van der Waals surface area contributed by atoms with Gasteiger partial charge in [0.25, 0.3) is 5.91 Å². The van der Waals surface area contributed by atoms with Crippen molar-refractivity contribution in [3.63, 3.8) is 0 Å². The van der Waals surface area contributed by atoms with Crippen LogP contribution >= 0.6 is 43.5 Å². The van der Waals surface area contributed by atoms with E-state index < -0.39 is 23.6 Å². The molecule has 1 aromatic heterocycles. The van der Waals surface area contributed by atoms with Gasteiger partial charge in [-0.3, -0.25) is 4.79 Å². The van der Waals surface area contributed by atoms with Crippen LogP contribution in [0.5, 0.6) is 17.2 Å². The number of rotatable bonds is 8. The Morgan fingerprint density at radius 2 is 1.67 bits per heavy atom. The molecule has 0 spiro atoms. The fourth-order valence-corrected chi connectivity index (χ4v) is 6.24. The third-order valence-corrected chi connectivity index (χ3v) is 8.09. The molecule has 1 amide bonds. The van der Waals surface area contributed by atoms with Crippen molar-refractivity contribution in [1.29, 1.82) is 0 Å². The van der Waals surface area contributed by atoms with Crippen LogP contribution in [0.2, 0.25) is 5.02 Å². The van der Waals surface area contributed by atoms with E-state index in [1.54, 1.807) is 48.5 Å². The first-order valence-corrected chi connectivity index (χ1v) is 15.1. The quantitative estimate of drug-likeness (QED) is 0.0709. The lowest BCUT2D eigenvalue weighted by Crippen LogP contribution is -2.19. The molecule has 0 aliphatic carbocycles. The number of nitrogens with zero attached hydrogens (tertiary/aromatic N) is 1. The topological polar surface area (TPSA) is 102 Å². The van der Waals surface area contributed by atoms with Crippen molar-refractivity contribution in [2.45, 2.75) is 6.18 Å². The van der Waals surface area contributed by atoms with Gasteiger partial charge in [-0.05, 0) is 64.5 Å². The molecule has 46 heavy (non-hydrogen) atoms. The molecule has 8 nitrogen and oxygen atoms in total. The predicted molar refractivity (Wildman–Crippen MR) is 175 cm³/mol. The van der Waals surface area contributed by atoms with E-state index in [2.05, 4.69) is 47.4 Å². The number of halogens is 6. The number of benzene rings is 4. The van der Waals surface area contributed by atoms with E-state index in [9.17, 15) is 22.8 Å². The number of fused-ring (bicyclic) bond motifs is 1. The number of ether oxygens (including phenoxy) is 3. The largest absolute Gasteiger partial charge is 0.496 e. The van der Waals surface area contributed by atoms with E-state index in [0.717, 1.165) is 12.1 Å². The molecule has 0 saturated carbocycles. The summed E-state index contributed by atoms with van der Waals surface area (Å²) in [6.45, 7) is 0. The summed E-state index contributed by atoms with van der Waals surface area (Å²) in [7, 11) is 3.00. The van der Waals surface area contributed by atoms with E-state index >= 15 is 0 Å². The van der Waals surface area contributed by atoms with E-state index in [1.807, 2.05) is 0 Å². The molecular weight excluding hydrogens is 759 g/mol. The first-order chi connectivity index (χ1) is 21.9. The Labute approximate surface area is 281 Å². The molecule has 0 unspecified atom stereocenters. The van der Waals surface area contributed by atoms with Crippen LogP contribution in [-0.2, 0) is 6.18 Å². The molecule has 0 atom stereocenters. The summed E-state index contributed by atoms with van der Waals surface area (Å²) in [5, 5.41) is 5.02. The van der Waals surface area contributed by atoms with Gasteiger partial charge in [-0.2, -0.15) is 18.3 Å². The number of esters is 1. The van der Waals surface area contributed by atoms with Crippen LogP contribution in [0.3, 0.4) is 0 Å². The van der Waals surface area contributed by atoms with Crippen molar-refractivity contribution < 1.29 is 37.0 Å². The molecule has 5 aromatic rings. The molecule has 1 heterocycles. The maximum atomic E-state index is 13.6. The van der Waals surface area contributed by atoms with E-state index in [4.69, 9.17) is 25.8 Å². The lowest BCUT2D eigenvalue weighted by atomic mass is 10.0. The number of carbonyl (C=O) groups is 2. The van der Waals surface area contributed by atoms with Crippen molar-refractivity contribution in [3.05, 3.63) is 109 Å². The monoisotopic (exact) mass is 777 g/mol. The number of aromatic amines is 1. The maximum Gasteiger partial charge on any atom is 0.416 e. The summed E-state index contributed by atoms with van der Waals surface area (Å²) in [6, 6.07) is 17.4. The van der Waals surface area contributed by atoms with Gasteiger partial charge in [-0.25, -0.2) is 10.2 Å². The van der Waals surface area contributed by atoms with Gasteiger partial charge in [0.2, 0.25) is 0 Å². The number of nitrogens with one attached hydrogen (secondary N) is 2. The highest BCUT2D eigenvalue weighted by molar-refractivity contribution is 9.11. The lowest BCUT2D eigenvalue weighted by molar-refractivity contribution is -0.137. The minimum Gasteiger partial charge on any atom is -0.496 e. The summed E-state index contributed by atoms with van der Waals surface area (Å²) in [4.78, 5) is 29.6. The Bertz CT molecular complexity index is 2010. The van der Waals surface area contributed by atoms with E-state index in [0.29, 0.717) is 53.6 Å². The van der Waals surface area contributed by atoms with Gasteiger partial charge in [-0.15, -0.1) is 0 Å². The van der Waals surface area contributed by atoms with Crippen molar-refractivity contribution in [2.75, 3.05) is 14.2 Å². The molecule has 0 saturated heterocycles. The van der Waals surface area contributed by atoms with Crippen LogP contribution in [0.4, 0.5) is 13.2 Å². The van der Waals surface area contributed by atoms with Crippen LogP contribution in [0.25, 0.3) is 22.0 Å². The molecule has 0 fully saturated rings. The lowest BCUT2D eigenvalue weighted by Gasteiger charge is -2.12. The minimum absolute atomic E-state index is 0.0412. The van der Waals surface area contributed by atoms with Crippen LogP contribution in [-0.4, -0.2) is 37.3 Å². The molecule has 2 N–H and O–H groups in total. The molecule has 0 bridgehead atoms. The summed E-state index contributed by atoms with van der Waals surface area (Å²) in [5.74, 6) is -0.796. The molecule has 4 aromatic carbocycles. The minimum atomic E-state index is -4.64. The average molecular weight is 780 g/mol. The standard InChI is InChI=1S/C32H21Br2ClF3N3O5/c1-44-23-10-11-24(45-2)27-26(23)25(20-8-3-4-9-22(20)35)28(40-27)30(42)41-39-15-17-13-19(33)14-21(34)29(17)46-31(43)16-6-5-7-18(12-16)32(36,37)38/h3-15,40H,1-2H3,(H,41,42). The zero-order valence-electron chi connectivity index (χ0n) is 23.8. The Balaban J connectivity index is 1.49. The smallest absolute Gasteiger partial charge is 0.416 e. The van der Waals surface area contributed by atoms with Crippen molar-refractivity contribution in [2.24, 2.45) is 5.10 Å². The van der Waals surface area contributed by atoms with Crippen LogP contribution in [0.1, 0.15) is 32.0 Å². The fourth-order valence-electron chi connectivity index (χ4n) is 4.67. The average Bonchev–Trinajstić information content (AvgIpc) is 3.42. The van der Waals surface area contributed by atoms with Gasteiger partial charge in [-0.1, -0.05) is 51.8 Å². The molecule has 0 radical (unpaired) electrons. The Hall–Kier alpha value is -4.33. The second kappa shape index (κ2) is 13.6. The Morgan fingerprint density at radius 1 is 0.957 bits per heavy atom. The number of carbonyl (C=O) groups excluding carboxylic acids is 2. The normalized spacial score (nSPS) is 11.6. The Morgan fingerprint density at radius 3 is 2.37 bits per heavy atom. The Kier molecular flexibility index (Phi) is 9.75. The molecule has 0 aliphatic rings. The van der Waals surface area contributed by atoms with Gasteiger partial charge >= 0.3 is 12.1 Å². The second-order valence-corrected chi connectivity index (χ2v) is 11.7. The number of hydrogen-bond acceptors (Lipinski definition) is 6. The highest BCUT2D eigenvalue weighted by Gasteiger charge is 2.31. The third-order valence-electron chi connectivity index (χ3n) is 6.72. The van der Waals surface area contributed by atoms with Crippen LogP contribution < -0.4 is 19.6 Å².